The minimum Gasteiger partial charge on any atom is -0.449 e. The van der Waals surface area contributed by atoms with Crippen molar-refractivity contribution in [2.45, 2.75) is 26.0 Å². The van der Waals surface area contributed by atoms with E-state index < -0.39 is 28.9 Å². The third-order valence-electron chi connectivity index (χ3n) is 3.82. The molecule has 0 heterocycles. The number of non-ortho nitro benzene ring substituents is 1. The van der Waals surface area contributed by atoms with E-state index in [1.165, 1.54) is 13.0 Å². The number of carbonyl (C=O) groups is 2. The SMILES string of the molecule is C[C@H](NC(=O)[C@@H](C)OC(=O)c1ccc([N+](=O)[O-])cc1Cl)c1ccc(Cl)cc1Cl. The van der Waals surface area contributed by atoms with Crippen LogP contribution in [0.5, 0.6) is 0 Å². The van der Waals surface area contributed by atoms with Crippen LogP contribution >= 0.6 is 34.8 Å². The van der Waals surface area contributed by atoms with Crippen LogP contribution in [0, 0.1) is 10.1 Å². The van der Waals surface area contributed by atoms with E-state index in [0.717, 1.165) is 12.1 Å². The zero-order valence-electron chi connectivity index (χ0n) is 14.7. The van der Waals surface area contributed by atoms with E-state index >= 15 is 0 Å². The minimum atomic E-state index is -1.13. The Morgan fingerprint density at radius 2 is 1.75 bits per heavy atom. The highest BCUT2D eigenvalue weighted by Crippen LogP contribution is 2.26. The Balaban J connectivity index is 2.03. The molecule has 2 aromatic rings. The molecule has 2 rings (SSSR count). The van der Waals surface area contributed by atoms with Gasteiger partial charge in [-0.05, 0) is 37.6 Å². The van der Waals surface area contributed by atoms with Crippen LogP contribution in [0.2, 0.25) is 15.1 Å². The molecule has 0 saturated heterocycles. The smallest absolute Gasteiger partial charge is 0.340 e. The summed E-state index contributed by atoms with van der Waals surface area (Å²) >= 11 is 17.9. The third-order valence-corrected chi connectivity index (χ3v) is 4.70. The van der Waals surface area contributed by atoms with Crippen molar-refractivity contribution >= 4 is 52.4 Å². The van der Waals surface area contributed by atoms with E-state index in [1.54, 1.807) is 25.1 Å². The monoisotopic (exact) mass is 444 g/mol. The van der Waals surface area contributed by atoms with Gasteiger partial charge < -0.3 is 10.1 Å². The summed E-state index contributed by atoms with van der Waals surface area (Å²) in [5.74, 6) is -1.43. The molecule has 0 unspecified atom stereocenters. The Morgan fingerprint density at radius 1 is 1.07 bits per heavy atom. The van der Waals surface area contributed by atoms with Gasteiger partial charge >= 0.3 is 5.97 Å². The normalized spacial score (nSPS) is 12.8. The van der Waals surface area contributed by atoms with Crippen LogP contribution in [0.1, 0.15) is 35.8 Å². The number of hydrogen-bond acceptors (Lipinski definition) is 5. The molecule has 0 aromatic heterocycles. The lowest BCUT2D eigenvalue weighted by Gasteiger charge is -2.19. The van der Waals surface area contributed by atoms with Crippen LogP contribution in [0.4, 0.5) is 5.69 Å². The molecular weight excluding hydrogens is 431 g/mol. The molecular formula is C18H15Cl3N2O5. The number of ether oxygens (including phenoxy) is 1. The first kappa shape index (κ1) is 21.9. The molecule has 0 spiro atoms. The molecule has 0 radical (unpaired) electrons. The van der Waals surface area contributed by atoms with Gasteiger partial charge in [-0.25, -0.2) is 4.79 Å². The molecule has 0 aliphatic carbocycles. The molecule has 28 heavy (non-hydrogen) atoms. The second kappa shape index (κ2) is 9.23. The molecule has 1 amide bonds. The zero-order chi connectivity index (χ0) is 21.0. The van der Waals surface area contributed by atoms with Gasteiger partial charge in [0.25, 0.3) is 11.6 Å². The number of hydrogen-bond donors (Lipinski definition) is 1. The molecule has 0 saturated carbocycles. The quantitative estimate of drug-likeness (QED) is 0.384. The number of carbonyl (C=O) groups excluding carboxylic acids is 2. The highest BCUT2D eigenvalue weighted by molar-refractivity contribution is 6.35. The topological polar surface area (TPSA) is 98.5 Å². The van der Waals surface area contributed by atoms with Crippen LogP contribution in [0.3, 0.4) is 0 Å². The molecule has 2 aromatic carbocycles. The van der Waals surface area contributed by atoms with Crippen LogP contribution in [0.15, 0.2) is 36.4 Å². The van der Waals surface area contributed by atoms with Gasteiger partial charge in [0.05, 0.1) is 21.6 Å². The van der Waals surface area contributed by atoms with Gasteiger partial charge in [-0.1, -0.05) is 40.9 Å². The number of benzene rings is 2. The van der Waals surface area contributed by atoms with E-state index in [-0.39, 0.29) is 16.3 Å². The average molecular weight is 446 g/mol. The number of nitrogens with one attached hydrogen (secondary N) is 1. The average Bonchev–Trinajstić information content (AvgIpc) is 2.60. The largest absolute Gasteiger partial charge is 0.449 e. The van der Waals surface area contributed by atoms with Crippen molar-refractivity contribution in [3.63, 3.8) is 0 Å². The number of nitro groups is 1. The van der Waals surface area contributed by atoms with Crippen LogP contribution in [-0.4, -0.2) is 22.9 Å². The summed E-state index contributed by atoms with van der Waals surface area (Å²) in [6.07, 6.45) is -1.13. The lowest BCUT2D eigenvalue weighted by atomic mass is 10.1. The van der Waals surface area contributed by atoms with Crippen LogP contribution < -0.4 is 5.32 Å². The maximum Gasteiger partial charge on any atom is 0.340 e. The van der Waals surface area contributed by atoms with Crippen molar-refractivity contribution < 1.29 is 19.2 Å². The summed E-state index contributed by atoms with van der Waals surface area (Å²) in [6, 6.07) is 7.76. The summed E-state index contributed by atoms with van der Waals surface area (Å²) < 4.78 is 5.11. The van der Waals surface area contributed by atoms with Gasteiger partial charge in [0.15, 0.2) is 6.10 Å². The fraction of sp³-hybridized carbons (Fsp3) is 0.222. The molecule has 0 aliphatic rings. The Morgan fingerprint density at radius 3 is 2.32 bits per heavy atom. The summed E-state index contributed by atoms with van der Waals surface area (Å²) in [5, 5.41) is 14.1. The number of halogens is 3. The van der Waals surface area contributed by atoms with Crippen molar-refractivity contribution in [1.82, 2.24) is 5.32 Å². The van der Waals surface area contributed by atoms with Gasteiger partial charge in [0.2, 0.25) is 0 Å². The van der Waals surface area contributed by atoms with E-state index in [2.05, 4.69) is 5.32 Å². The van der Waals surface area contributed by atoms with Crippen LogP contribution in [0.25, 0.3) is 0 Å². The predicted octanol–water partition coefficient (Wildman–Crippen LogP) is 4.98. The van der Waals surface area contributed by atoms with Gasteiger partial charge in [0, 0.05) is 22.2 Å². The highest BCUT2D eigenvalue weighted by Gasteiger charge is 2.23. The molecule has 10 heteroatoms. The Kier molecular flexibility index (Phi) is 7.23. The van der Waals surface area contributed by atoms with Crippen molar-refractivity contribution in [3.8, 4) is 0 Å². The van der Waals surface area contributed by atoms with E-state index in [1.807, 2.05) is 0 Å². The van der Waals surface area contributed by atoms with E-state index in [0.29, 0.717) is 15.6 Å². The molecule has 0 bridgehead atoms. The highest BCUT2D eigenvalue weighted by atomic mass is 35.5. The number of amides is 1. The second-order valence-electron chi connectivity index (χ2n) is 5.86. The Bertz CT molecular complexity index is 935. The van der Waals surface area contributed by atoms with Crippen molar-refractivity contribution in [2.24, 2.45) is 0 Å². The van der Waals surface area contributed by atoms with Gasteiger partial charge in [-0.2, -0.15) is 0 Å². The number of rotatable bonds is 6. The number of esters is 1. The first-order chi connectivity index (χ1) is 13.1. The lowest BCUT2D eigenvalue weighted by molar-refractivity contribution is -0.384. The van der Waals surface area contributed by atoms with Crippen LogP contribution in [-0.2, 0) is 9.53 Å². The van der Waals surface area contributed by atoms with Crippen molar-refractivity contribution in [3.05, 3.63) is 72.7 Å². The summed E-state index contributed by atoms with van der Waals surface area (Å²) in [7, 11) is 0. The zero-order valence-corrected chi connectivity index (χ0v) is 17.0. The number of nitro benzene ring substituents is 1. The third kappa shape index (κ3) is 5.34. The summed E-state index contributed by atoms with van der Waals surface area (Å²) in [6.45, 7) is 3.11. The number of nitrogens with zero attached hydrogens (tertiary/aromatic N) is 1. The molecule has 0 aliphatic heterocycles. The predicted molar refractivity (Wildman–Crippen MR) is 106 cm³/mol. The van der Waals surface area contributed by atoms with Gasteiger partial charge in [-0.15, -0.1) is 0 Å². The first-order valence-electron chi connectivity index (χ1n) is 8.00. The second-order valence-corrected chi connectivity index (χ2v) is 7.12. The Labute approximate surface area is 175 Å². The van der Waals surface area contributed by atoms with Gasteiger partial charge in [0.1, 0.15) is 0 Å². The molecule has 7 nitrogen and oxygen atoms in total. The first-order valence-corrected chi connectivity index (χ1v) is 9.13. The summed E-state index contributed by atoms with van der Waals surface area (Å²) in [5.41, 5.74) is 0.304. The maximum atomic E-state index is 12.3. The van der Waals surface area contributed by atoms with Gasteiger partial charge in [-0.3, -0.25) is 14.9 Å². The Hall–Kier alpha value is -2.35. The fourth-order valence-electron chi connectivity index (χ4n) is 2.32. The maximum absolute atomic E-state index is 12.3. The molecule has 0 fully saturated rings. The molecule has 1 N–H and O–H groups in total. The molecule has 148 valence electrons. The standard InChI is InChI=1S/C18H15Cl3N2O5/c1-9(13-5-3-11(19)7-15(13)20)22-17(24)10(2)28-18(25)14-6-4-12(23(26)27)8-16(14)21/h3-10H,1-2H3,(H,22,24)/t9-,10+/m0/s1. The fourth-order valence-corrected chi connectivity index (χ4v) is 3.15. The van der Waals surface area contributed by atoms with Crippen molar-refractivity contribution in [1.29, 1.82) is 0 Å². The molecule has 2 atom stereocenters. The summed E-state index contributed by atoms with van der Waals surface area (Å²) in [4.78, 5) is 34.6. The van der Waals surface area contributed by atoms with E-state index in [4.69, 9.17) is 39.5 Å². The lowest BCUT2D eigenvalue weighted by Crippen LogP contribution is -2.37. The van der Waals surface area contributed by atoms with E-state index in [9.17, 15) is 19.7 Å². The minimum absolute atomic E-state index is 0.0827. The van der Waals surface area contributed by atoms with Crippen molar-refractivity contribution in [2.75, 3.05) is 0 Å².